The quantitative estimate of drug-likeness (QED) is 0.779. The molecule has 0 spiro atoms. The molecule has 0 radical (unpaired) electrons. The maximum atomic E-state index is 12.3. The van der Waals surface area contributed by atoms with Gasteiger partial charge in [0, 0.05) is 14.1 Å². The smallest absolute Gasteiger partial charge is 0.319 e. The minimum Gasteiger partial charge on any atom is -0.465 e. The van der Waals surface area contributed by atoms with Crippen LogP contribution >= 0.6 is 0 Å². The zero-order chi connectivity index (χ0) is 13.8. The maximum absolute atomic E-state index is 12.3. The second kappa shape index (κ2) is 5.84. The van der Waals surface area contributed by atoms with Crippen LogP contribution in [0.25, 0.3) is 0 Å². The lowest BCUT2D eigenvalue weighted by Crippen LogP contribution is -2.39. The van der Waals surface area contributed by atoms with Gasteiger partial charge in [-0.15, -0.1) is 10.2 Å². The van der Waals surface area contributed by atoms with Crippen molar-refractivity contribution in [2.45, 2.75) is 39.0 Å². The van der Waals surface area contributed by atoms with Gasteiger partial charge in [-0.25, -0.2) is 0 Å². The summed E-state index contributed by atoms with van der Waals surface area (Å²) in [6.07, 6.45) is 1.27. The Morgan fingerprint density at radius 3 is 2.33 bits per heavy atom. The standard InChI is InChI=1S/C12H22N4O2/c1-6-12(7-2,10(17)18-8-3)9-14-15-11(13-4)16(9)5/h6-8H2,1-5H3,(H,13,15). The van der Waals surface area contributed by atoms with Crippen LogP contribution in [0.15, 0.2) is 0 Å². The SMILES string of the molecule is CCOC(=O)C(CC)(CC)c1nnc(NC)n1C. The summed E-state index contributed by atoms with van der Waals surface area (Å²) in [5, 5.41) is 11.1. The van der Waals surface area contributed by atoms with E-state index in [1.165, 1.54) is 0 Å². The van der Waals surface area contributed by atoms with Gasteiger partial charge in [-0.2, -0.15) is 0 Å². The number of nitrogens with zero attached hydrogens (tertiary/aromatic N) is 3. The van der Waals surface area contributed by atoms with Crippen molar-refractivity contribution in [2.75, 3.05) is 19.0 Å². The Morgan fingerprint density at radius 2 is 1.94 bits per heavy atom. The van der Waals surface area contributed by atoms with Gasteiger partial charge < -0.3 is 10.1 Å². The van der Waals surface area contributed by atoms with Crippen molar-refractivity contribution in [2.24, 2.45) is 7.05 Å². The lowest BCUT2D eigenvalue weighted by molar-refractivity contribution is -0.151. The molecular formula is C12H22N4O2. The number of carbonyl (C=O) groups is 1. The lowest BCUT2D eigenvalue weighted by Gasteiger charge is -2.27. The maximum Gasteiger partial charge on any atom is 0.319 e. The summed E-state index contributed by atoms with van der Waals surface area (Å²) >= 11 is 0. The fraction of sp³-hybridized carbons (Fsp3) is 0.750. The zero-order valence-corrected chi connectivity index (χ0v) is 11.8. The van der Waals surface area contributed by atoms with E-state index in [0.29, 0.717) is 31.2 Å². The molecule has 102 valence electrons. The van der Waals surface area contributed by atoms with E-state index in [9.17, 15) is 4.79 Å². The Hall–Kier alpha value is -1.59. The van der Waals surface area contributed by atoms with Gasteiger partial charge in [-0.3, -0.25) is 9.36 Å². The largest absolute Gasteiger partial charge is 0.465 e. The van der Waals surface area contributed by atoms with Gasteiger partial charge in [0.2, 0.25) is 5.95 Å². The zero-order valence-electron chi connectivity index (χ0n) is 11.8. The Balaban J connectivity index is 3.26. The third-order valence-corrected chi connectivity index (χ3v) is 3.40. The summed E-state index contributed by atoms with van der Waals surface area (Å²) < 4.78 is 7.01. The van der Waals surface area contributed by atoms with E-state index in [4.69, 9.17) is 4.74 Å². The first-order valence-electron chi connectivity index (χ1n) is 6.32. The second-order valence-corrected chi connectivity index (χ2v) is 4.17. The van der Waals surface area contributed by atoms with Gasteiger partial charge in [-0.05, 0) is 19.8 Å². The number of aromatic nitrogens is 3. The Kier molecular flexibility index (Phi) is 4.69. The molecule has 0 aliphatic heterocycles. The molecule has 18 heavy (non-hydrogen) atoms. The summed E-state index contributed by atoms with van der Waals surface area (Å²) in [5.74, 6) is 1.06. The van der Waals surface area contributed by atoms with Gasteiger partial charge in [0.15, 0.2) is 5.82 Å². The molecule has 0 atom stereocenters. The van der Waals surface area contributed by atoms with Crippen LogP contribution in [0.5, 0.6) is 0 Å². The van der Waals surface area contributed by atoms with Gasteiger partial charge in [0.1, 0.15) is 5.41 Å². The van der Waals surface area contributed by atoms with Crippen LogP contribution in [-0.4, -0.2) is 34.4 Å². The summed E-state index contributed by atoms with van der Waals surface area (Å²) in [5.41, 5.74) is -0.715. The van der Waals surface area contributed by atoms with E-state index in [0.717, 1.165) is 0 Å². The van der Waals surface area contributed by atoms with Crippen molar-refractivity contribution in [1.29, 1.82) is 0 Å². The van der Waals surface area contributed by atoms with Gasteiger partial charge in [0.05, 0.1) is 6.61 Å². The number of nitrogens with one attached hydrogen (secondary N) is 1. The van der Waals surface area contributed by atoms with Crippen LogP contribution in [0.1, 0.15) is 39.4 Å². The highest BCUT2D eigenvalue weighted by atomic mass is 16.5. The van der Waals surface area contributed by atoms with Crippen LogP contribution in [-0.2, 0) is 22.0 Å². The number of hydrogen-bond donors (Lipinski definition) is 1. The van der Waals surface area contributed by atoms with E-state index < -0.39 is 5.41 Å². The molecule has 6 nitrogen and oxygen atoms in total. The molecule has 0 bridgehead atoms. The first-order chi connectivity index (χ1) is 8.57. The monoisotopic (exact) mass is 254 g/mol. The van der Waals surface area contributed by atoms with Crippen LogP contribution in [0.2, 0.25) is 0 Å². The number of ether oxygens (including phenoxy) is 1. The predicted molar refractivity (Wildman–Crippen MR) is 69.4 cm³/mol. The fourth-order valence-corrected chi connectivity index (χ4v) is 2.18. The van der Waals surface area contributed by atoms with Crippen LogP contribution in [0.4, 0.5) is 5.95 Å². The molecule has 6 heteroatoms. The molecule has 0 amide bonds. The number of anilines is 1. The van der Waals surface area contributed by atoms with E-state index >= 15 is 0 Å². The molecule has 1 aromatic rings. The van der Waals surface area contributed by atoms with E-state index in [-0.39, 0.29) is 5.97 Å². The molecule has 0 unspecified atom stereocenters. The highest BCUT2D eigenvalue weighted by Crippen LogP contribution is 2.32. The van der Waals surface area contributed by atoms with E-state index in [1.807, 2.05) is 32.4 Å². The van der Waals surface area contributed by atoms with Crippen molar-refractivity contribution in [3.8, 4) is 0 Å². The number of esters is 1. The molecule has 1 heterocycles. The van der Waals surface area contributed by atoms with Crippen molar-refractivity contribution >= 4 is 11.9 Å². The Labute approximate surface area is 108 Å². The van der Waals surface area contributed by atoms with E-state index in [2.05, 4.69) is 15.5 Å². The van der Waals surface area contributed by atoms with E-state index in [1.54, 1.807) is 7.05 Å². The molecule has 0 saturated carbocycles. The van der Waals surface area contributed by atoms with Gasteiger partial charge in [0.25, 0.3) is 0 Å². The molecule has 1 N–H and O–H groups in total. The first kappa shape index (κ1) is 14.5. The Bertz CT molecular complexity index is 410. The number of rotatable bonds is 6. The second-order valence-electron chi connectivity index (χ2n) is 4.17. The molecule has 0 saturated heterocycles. The molecular weight excluding hydrogens is 232 g/mol. The molecule has 0 fully saturated rings. The average molecular weight is 254 g/mol. The van der Waals surface area contributed by atoms with Crippen molar-refractivity contribution in [3.05, 3.63) is 5.82 Å². The minimum absolute atomic E-state index is 0.229. The highest BCUT2D eigenvalue weighted by molar-refractivity contribution is 5.82. The lowest BCUT2D eigenvalue weighted by atomic mass is 9.81. The van der Waals surface area contributed by atoms with Crippen LogP contribution in [0, 0.1) is 0 Å². The summed E-state index contributed by atoms with van der Waals surface area (Å²) in [7, 11) is 3.62. The molecule has 0 aliphatic carbocycles. The summed E-state index contributed by atoms with van der Waals surface area (Å²) in [6, 6.07) is 0. The Morgan fingerprint density at radius 1 is 1.33 bits per heavy atom. The predicted octanol–water partition coefficient (Wildman–Crippen LogP) is 1.48. The average Bonchev–Trinajstić information content (AvgIpc) is 2.74. The third-order valence-electron chi connectivity index (χ3n) is 3.40. The molecule has 0 aliphatic rings. The minimum atomic E-state index is -0.715. The van der Waals surface area contributed by atoms with Gasteiger partial charge >= 0.3 is 5.97 Å². The molecule has 1 rings (SSSR count). The number of hydrogen-bond acceptors (Lipinski definition) is 5. The topological polar surface area (TPSA) is 69.0 Å². The summed E-state index contributed by atoms with van der Waals surface area (Å²) in [4.78, 5) is 12.3. The molecule has 0 aromatic carbocycles. The normalized spacial score (nSPS) is 11.4. The first-order valence-corrected chi connectivity index (χ1v) is 6.32. The van der Waals surface area contributed by atoms with Crippen LogP contribution in [0.3, 0.4) is 0 Å². The van der Waals surface area contributed by atoms with Crippen molar-refractivity contribution in [1.82, 2.24) is 14.8 Å². The van der Waals surface area contributed by atoms with Gasteiger partial charge in [-0.1, -0.05) is 13.8 Å². The highest BCUT2D eigenvalue weighted by Gasteiger charge is 2.42. The molecule has 1 aromatic heterocycles. The van der Waals surface area contributed by atoms with Crippen LogP contribution < -0.4 is 5.32 Å². The van der Waals surface area contributed by atoms with Crippen molar-refractivity contribution < 1.29 is 9.53 Å². The number of carbonyl (C=O) groups excluding carboxylic acids is 1. The summed E-state index contributed by atoms with van der Waals surface area (Å²) in [6.45, 7) is 6.11. The van der Waals surface area contributed by atoms with Crippen molar-refractivity contribution in [3.63, 3.8) is 0 Å². The third kappa shape index (κ3) is 2.19. The fourth-order valence-electron chi connectivity index (χ4n) is 2.18.